The van der Waals surface area contributed by atoms with E-state index in [0.717, 1.165) is 11.4 Å². The maximum Gasteiger partial charge on any atom is 0.226 e. The molecule has 0 aromatic heterocycles. The van der Waals surface area contributed by atoms with Gasteiger partial charge >= 0.3 is 0 Å². The third-order valence-electron chi connectivity index (χ3n) is 2.05. The summed E-state index contributed by atoms with van der Waals surface area (Å²) in [4.78, 5) is 12.9. The summed E-state index contributed by atoms with van der Waals surface area (Å²) in [5, 5.41) is 0. The third-order valence-corrected chi connectivity index (χ3v) is 2.05. The average molecular weight is 192 g/mol. The van der Waals surface area contributed by atoms with Crippen molar-refractivity contribution in [3.05, 3.63) is 31.2 Å². The molecule has 1 rings (SSSR count). The van der Waals surface area contributed by atoms with Crippen LogP contribution < -0.4 is 9.64 Å². The molecule has 0 unspecified atom stereocenters. The molecule has 1 aromatic rings. The van der Waals surface area contributed by atoms with Gasteiger partial charge in [0.25, 0.3) is 0 Å². The van der Waals surface area contributed by atoms with E-state index in [2.05, 4.69) is 6.92 Å². The van der Waals surface area contributed by atoms with E-state index in [1.807, 2.05) is 24.3 Å². The highest BCUT2D eigenvalue weighted by Crippen LogP contribution is 2.18. The van der Waals surface area contributed by atoms with Crippen molar-refractivity contribution in [1.82, 2.24) is 0 Å². The second-order valence-electron chi connectivity index (χ2n) is 2.90. The van der Waals surface area contributed by atoms with Crippen molar-refractivity contribution < 1.29 is 9.53 Å². The van der Waals surface area contributed by atoms with E-state index in [9.17, 15) is 4.79 Å². The van der Waals surface area contributed by atoms with Gasteiger partial charge in [0.05, 0.1) is 7.11 Å². The second kappa shape index (κ2) is 4.65. The van der Waals surface area contributed by atoms with Gasteiger partial charge < -0.3 is 9.64 Å². The van der Waals surface area contributed by atoms with E-state index >= 15 is 0 Å². The van der Waals surface area contributed by atoms with Gasteiger partial charge in [-0.15, -0.1) is 0 Å². The van der Waals surface area contributed by atoms with Crippen molar-refractivity contribution in [1.29, 1.82) is 0 Å². The Morgan fingerprint density at radius 3 is 2.43 bits per heavy atom. The molecule has 0 atom stereocenters. The molecule has 1 amide bonds. The number of hydrogen-bond acceptors (Lipinski definition) is 2. The predicted octanol–water partition coefficient (Wildman–Crippen LogP) is 1.88. The first kappa shape index (κ1) is 10.6. The zero-order chi connectivity index (χ0) is 10.6. The molecular formula is C11H14NO2. The summed E-state index contributed by atoms with van der Waals surface area (Å²) in [5.41, 5.74) is 0.847. The Balaban J connectivity index is 2.81. The quantitative estimate of drug-likeness (QED) is 0.731. The summed E-state index contributed by atoms with van der Waals surface area (Å²) in [6.07, 6.45) is 0.266. The zero-order valence-corrected chi connectivity index (χ0v) is 8.49. The third kappa shape index (κ3) is 2.25. The molecule has 0 saturated carbocycles. The molecule has 1 aromatic carbocycles. The van der Waals surface area contributed by atoms with Crippen LogP contribution in [-0.4, -0.2) is 20.1 Å². The number of ether oxygens (including phenoxy) is 1. The Bertz CT molecular complexity index is 306. The molecule has 0 N–H and O–H groups in total. The number of rotatable bonds is 3. The number of carbonyl (C=O) groups excluding carboxylic acids is 1. The SMILES string of the molecule is [CH2]CC(=O)N(C)c1ccc(OC)cc1. The number of amides is 1. The number of hydrogen-bond donors (Lipinski definition) is 0. The molecule has 0 aliphatic heterocycles. The standard InChI is InChI=1S/C11H14NO2/c1-4-11(13)12(2)9-5-7-10(14-3)8-6-9/h5-8H,1,4H2,2-3H3. The number of benzene rings is 1. The first-order valence-electron chi connectivity index (χ1n) is 4.39. The molecule has 0 saturated heterocycles. The van der Waals surface area contributed by atoms with Gasteiger partial charge in [0.2, 0.25) is 5.91 Å². The van der Waals surface area contributed by atoms with Crippen molar-refractivity contribution in [2.45, 2.75) is 6.42 Å². The number of anilines is 1. The molecule has 1 radical (unpaired) electrons. The predicted molar refractivity (Wildman–Crippen MR) is 56.4 cm³/mol. The molecule has 3 heteroatoms. The molecule has 14 heavy (non-hydrogen) atoms. The van der Waals surface area contributed by atoms with E-state index in [1.165, 1.54) is 0 Å². The van der Waals surface area contributed by atoms with Crippen LogP contribution in [0, 0.1) is 6.92 Å². The normalized spacial score (nSPS) is 9.64. The van der Waals surface area contributed by atoms with Gasteiger partial charge in [0, 0.05) is 19.2 Å². The minimum Gasteiger partial charge on any atom is -0.497 e. The molecule has 75 valence electrons. The maximum absolute atomic E-state index is 11.3. The van der Waals surface area contributed by atoms with Crippen LogP contribution in [0.15, 0.2) is 24.3 Å². The van der Waals surface area contributed by atoms with Crippen LogP contribution in [0.5, 0.6) is 5.75 Å². The van der Waals surface area contributed by atoms with Crippen molar-refractivity contribution in [2.24, 2.45) is 0 Å². The lowest BCUT2D eigenvalue weighted by molar-refractivity contribution is -0.117. The Labute approximate surface area is 84.3 Å². The summed E-state index contributed by atoms with van der Waals surface area (Å²) in [6.45, 7) is 3.55. The van der Waals surface area contributed by atoms with Crippen molar-refractivity contribution in [3.63, 3.8) is 0 Å². The fourth-order valence-electron chi connectivity index (χ4n) is 1.12. The first-order valence-corrected chi connectivity index (χ1v) is 4.39. The Kier molecular flexibility index (Phi) is 3.51. The summed E-state index contributed by atoms with van der Waals surface area (Å²) in [6, 6.07) is 7.32. The monoisotopic (exact) mass is 192 g/mol. The fraction of sp³-hybridized carbons (Fsp3) is 0.273. The molecule has 0 spiro atoms. The Morgan fingerprint density at radius 1 is 1.43 bits per heavy atom. The lowest BCUT2D eigenvalue weighted by atomic mass is 10.2. The molecular weight excluding hydrogens is 178 g/mol. The van der Waals surface area contributed by atoms with Gasteiger partial charge in [0.1, 0.15) is 5.75 Å². The second-order valence-corrected chi connectivity index (χ2v) is 2.90. The average Bonchev–Trinajstić information content (AvgIpc) is 2.27. The highest BCUT2D eigenvalue weighted by Gasteiger charge is 2.07. The highest BCUT2D eigenvalue weighted by atomic mass is 16.5. The van der Waals surface area contributed by atoms with Crippen LogP contribution in [0.25, 0.3) is 0 Å². The smallest absolute Gasteiger partial charge is 0.226 e. The fourth-order valence-corrected chi connectivity index (χ4v) is 1.12. The van der Waals surface area contributed by atoms with E-state index < -0.39 is 0 Å². The minimum absolute atomic E-state index is 0.00448. The summed E-state index contributed by atoms with van der Waals surface area (Å²) in [7, 11) is 3.34. The number of carbonyl (C=O) groups is 1. The highest BCUT2D eigenvalue weighted by molar-refractivity contribution is 5.93. The largest absolute Gasteiger partial charge is 0.497 e. The lowest BCUT2D eigenvalue weighted by Crippen LogP contribution is -2.24. The van der Waals surface area contributed by atoms with Gasteiger partial charge in [-0.1, -0.05) is 0 Å². The molecule has 0 heterocycles. The van der Waals surface area contributed by atoms with Gasteiger partial charge in [-0.2, -0.15) is 0 Å². The summed E-state index contributed by atoms with van der Waals surface area (Å²) >= 11 is 0. The molecule has 0 fully saturated rings. The Morgan fingerprint density at radius 2 is 2.00 bits per heavy atom. The van der Waals surface area contributed by atoms with Crippen LogP contribution in [0.4, 0.5) is 5.69 Å². The topological polar surface area (TPSA) is 29.5 Å². The van der Waals surface area contributed by atoms with E-state index in [1.54, 1.807) is 19.1 Å². The van der Waals surface area contributed by atoms with Crippen LogP contribution in [0.1, 0.15) is 6.42 Å². The number of nitrogens with zero attached hydrogens (tertiary/aromatic N) is 1. The van der Waals surface area contributed by atoms with E-state index in [4.69, 9.17) is 4.74 Å². The van der Waals surface area contributed by atoms with Crippen LogP contribution in [0.3, 0.4) is 0 Å². The number of methoxy groups -OCH3 is 1. The Hall–Kier alpha value is -1.51. The van der Waals surface area contributed by atoms with Crippen molar-refractivity contribution in [3.8, 4) is 5.75 Å². The first-order chi connectivity index (χ1) is 6.69. The molecule has 3 nitrogen and oxygen atoms in total. The summed E-state index contributed by atoms with van der Waals surface area (Å²) < 4.78 is 5.02. The van der Waals surface area contributed by atoms with Crippen molar-refractivity contribution in [2.75, 3.05) is 19.1 Å². The van der Waals surface area contributed by atoms with Gasteiger partial charge in [-0.25, -0.2) is 0 Å². The van der Waals surface area contributed by atoms with Crippen LogP contribution in [0.2, 0.25) is 0 Å². The van der Waals surface area contributed by atoms with Gasteiger partial charge in [-0.05, 0) is 31.2 Å². The molecule has 0 bridgehead atoms. The van der Waals surface area contributed by atoms with Crippen molar-refractivity contribution >= 4 is 11.6 Å². The zero-order valence-electron chi connectivity index (χ0n) is 8.49. The molecule has 0 aliphatic carbocycles. The molecule has 0 aliphatic rings. The summed E-state index contributed by atoms with van der Waals surface area (Å²) in [5.74, 6) is 0.777. The lowest BCUT2D eigenvalue weighted by Gasteiger charge is -2.16. The van der Waals surface area contributed by atoms with Crippen LogP contribution in [-0.2, 0) is 4.79 Å². The van der Waals surface area contributed by atoms with Gasteiger partial charge in [0.15, 0.2) is 0 Å². The van der Waals surface area contributed by atoms with E-state index in [-0.39, 0.29) is 12.3 Å². The van der Waals surface area contributed by atoms with Crippen LogP contribution >= 0.6 is 0 Å². The maximum atomic E-state index is 11.3. The minimum atomic E-state index is -0.00448. The van der Waals surface area contributed by atoms with E-state index in [0.29, 0.717) is 0 Å². The van der Waals surface area contributed by atoms with Gasteiger partial charge in [-0.3, -0.25) is 4.79 Å².